The van der Waals surface area contributed by atoms with Crippen LogP contribution in [0.2, 0.25) is 0 Å². The van der Waals surface area contributed by atoms with Gasteiger partial charge in [-0.2, -0.15) is 5.26 Å². The molecule has 1 aromatic heterocycles. The second-order valence-corrected chi connectivity index (χ2v) is 5.46. The van der Waals surface area contributed by atoms with E-state index in [1.54, 1.807) is 11.3 Å². The molecule has 17 heavy (non-hydrogen) atoms. The van der Waals surface area contributed by atoms with E-state index in [1.165, 1.54) is 10.4 Å². The van der Waals surface area contributed by atoms with Crippen molar-refractivity contribution in [1.82, 2.24) is 5.32 Å². The second kappa shape index (κ2) is 5.97. The average molecular weight is 307 g/mol. The molecule has 1 N–H and O–H groups in total. The molecule has 4 heteroatoms. The van der Waals surface area contributed by atoms with Crippen LogP contribution in [0.1, 0.15) is 16.0 Å². The minimum absolute atomic E-state index is 0.703. The number of hydrogen-bond acceptors (Lipinski definition) is 3. The van der Waals surface area contributed by atoms with Crippen molar-refractivity contribution in [2.75, 3.05) is 0 Å². The lowest BCUT2D eigenvalue weighted by atomic mass is 10.1. The molecule has 0 spiro atoms. The Morgan fingerprint density at radius 3 is 2.53 bits per heavy atom. The first-order chi connectivity index (χ1) is 8.29. The summed E-state index contributed by atoms with van der Waals surface area (Å²) in [6, 6.07) is 11.8. The van der Waals surface area contributed by atoms with Gasteiger partial charge in [0.25, 0.3) is 0 Å². The fourth-order valence-corrected chi connectivity index (χ4v) is 2.93. The van der Waals surface area contributed by atoms with Gasteiger partial charge in [-0.1, -0.05) is 12.1 Å². The van der Waals surface area contributed by atoms with Gasteiger partial charge in [-0.25, -0.2) is 0 Å². The normalized spacial score (nSPS) is 10.1. The Morgan fingerprint density at radius 1 is 1.18 bits per heavy atom. The standard InChI is InChI=1S/C13H11BrN2S/c14-12-5-6-17-13(12)9-16-8-11-3-1-10(7-15)2-4-11/h1-6,16H,8-9H2. The zero-order chi connectivity index (χ0) is 12.1. The van der Waals surface area contributed by atoms with Crippen LogP contribution >= 0.6 is 27.3 Å². The molecule has 2 rings (SSSR count). The highest BCUT2D eigenvalue weighted by Crippen LogP contribution is 2.22. The monoisotopic (exact) mass is 306 g/mol. The predicted octanol–water partition coefficient (Wildman–Crippen LogP) is 3.67. The number of nitriles is 1. The van der Waals surface area contributed by atoms with Crippen LogP contribution in [0.5, 0.6) is 0 Å². The fourth-order valence-electron chi connectivity index (χ4n) is 1.47. The van der Waals surface area contributed by atoms with Crippen molar-refractivity contribution in [3.8, 4) is 6.07 Å². The van der Waals surface area contributed by atoms with E-state index < -0.39 is 0 Å². The smallest absolute Gasteiger partial charge is 0.0991 e. The number of thiophene rings is 1. The van der Waals surface area contributed by atoms with E-state index in [-0.39, 0.29) is 0 Å². The van der Waals surface area contributed by atoms with Crippen LogP contribution < -0.4 is 5.32 Å². The number of nitrogens with one attached hydrogen (secondary N) is 1. The Balaban J connectivity index is 1.86. The van der Waals surface area contributed by atoms with E-state index in [4.69, 9.17) is 5.26 Å². The summed E-state index contributed by atoms with van der Waals surface area (Å²) in [5, 5.41) is 14.1. The predicted molar refractivity (Wildman–Crippen MR) is 73.7 cm³/mol. The third-order valence-corrected chi connectivity index (χ3v) is 4.32. The van der Waals surface area contributed by atoms with Crippen LogP contribution in [0.15, 0.2) is 40.2 Å². The highest BCUT2D eigenvalue weighted by Gasteiger charge is 2.00. The molecule has 0 aliphatic heterocycles. The molecule has 2 aromatic rings. The Labute approximate surface area is 113 Å². The summed E-state index contributed by atoms with van der Waals surface area (Å²) >= 11 is 5.24. The molecule has 1 heterocycles. The molecule has 0 bridgehead atoms. The van der Waals surface area contributed by atoms with Gasteiger partial charge in [0.15, 0.2) is 0 Å². The topological polar surface area (TPSA) is 35.8 Å². The third kappa shape index (κ3) is 3.40. The lowest BCUT2D eigenvalue weighted by Gasteiger charge is -2.04. The Morgan fingerprint density at radius 2 is 1.94 bits per heavy atom. The van der Waals surface area contributed by atoms with Crippen molar-refractivity contribution in [1.29, 1.82) is 5.26 Å². The largest absolute Gasteiger partial charge is 0.308 e. The van der Waals surface area contributed by atoms with Gasteiger partial charge in [0.2, 0.25) is 0 Å². The van der Waals surface area contributed by atoms with Gasteiger partial charge in [0.05, 0.1) is 11.6 Å². The van der Waals surface area contributed by atoms with Crippen molar-refractivity contribution in [2.45, 2.75) is 13.1 Å². The van der Waals surface area contributed by atoms with E-state index in [0.717, 1.165) is 17.6 Å². The summed E-state index contributed by atoms with van der Waals surface area (Å²) in [5.41, 5.74) is 1.89. The average Bonchev–Trinajstić information content (AvgIpc) is 2.76. The quantitative estimate of drug-likeness (QED) is 0.935. The Kier molecular flexibility index (Phi) is 4.32. The van der Waals surface area contributed by atoms with Crippen LogP contribution in [0.25, 0.3) is 0 Å². The summed E-state index contributed by atoms with van der Waals surface area (Å²) < 4.78 is 1.16. The summed E-state index contributed by atoms with van der Waals surface area (Å²) in [7, 11) is 0. The number of halogens is 1. The van der Waals surface area contributed by atoms with Crippen molar-refractivity contribution in [2.24, 2.45) is 0 Å². The number of hydrogen-bond donors (Lipinski definition) is 1. The molecule has 0 aliphatic carbocycles. The van der Waals surface area contributed by atoms with Gasteiger partial charge in [-0.05, 0) is 45.1 Å². The Hall–Kier alpha value is -1.15. The molecule has 0 saturated carbocycles. The highest BCUT2D eigenvalue weighted by atomic mass is 79.9. The Bertz CT molecular complexity index is 525. The SMILES string of the molecule is N#Cc1ccc(CNCc2sccc2Br)cc1. The summed E-state index contributed by atoms with van der Waals surface area (Å²) in [4.78, 5) is 1.30. The van der Waals surface area contributed by atoms with E-state index in [9.17, 15) is 0 Å². The van der Waals surface area contributed by atoms with Crippen LogP contribution in [0.3, 0.4) is 0 Å². The molecule has 0 radical (unpaired) electrons. The molecule has 0 saturated heterocycles. The molecule has 1 aromatic carbocycles. The molecular weight excluding hydrogens is 296 g/mol. The molecular formula is C13H11BrN2S. The van der Waals surface area contributed by atoms with Crippen molar-refractivity contribution >= 4 is 27.3 Å². The van der Waals surface area contributed by atoms with Gasteiger partial charge in [-0.3, -0.25) is 0 Å². The van der Waals surface area contributed by atoms with Crippen LogP contribution in [0.4, 0.5) is 0 Å². The molecule has 0 unspecified atom stereocenters. The molecule has 0 fully saturated rings. The maximum atomic E-state index is 8.69. The molecule has 0 amide bonds. The number of benzene rings is 1. The second-order valence-electron chi connectivity index (χ2n) is 3.60. The number of rotatable bonds is 4. The molecule has 86 valence electrons. The third-order valence-electron chi connectivity index (χ3n) is 2.39. The van der Waals surface area contributed by atoms with E-state index >= 15 is 0 Å². The zero-order valence-electron chi connectivity index (χ0n) is 9.11. The van der Waals surface area contributed by atoms with Crippen molar-refractivity contribution in [3.05, 3.63) is 56.2 Å². The molecule has 0 aliphatic rings. The fraction of sp³-hybridized carbons (Fsp3) is 0.154. The van der Waals surface area contributed by atoms with Gasteiger partial charge in [-0.15, -0.1) is 11.3 Å². The summed E-state index contributed by atoms with van der Waals surface area (Å²) in [6.45, 7) is 1.67. The van der Waals surface area contributed by atoms with Crippen molar-refractivity contribution in [3.63, 3.8) is 0 Å². The first-order valence-electron chi connectivity index (χ1n) is 5.21. The minimum atomic E-state index is 0.703. The molecule has 2 nitrogen and oxygen atoms in total. The minimum Gasteiger partial charge on any atom is -0.308 e. The van der Waals surface area contributed by atoms with Crippen LogP contribution in [0, 0.1) is 11.3 Å². The first-order valence-corrected chi connectivity index (χ1v) is 6.88. The first kappa shape index (κ1) is 12.3. The van der Waals surface area contributed by atoms with Crippen LogP contribution in [-0.4, -0.2) is 0 Å². The van der Waals surface area contributed by atoms with Gasteiger partial charge in [0.1, 0.15) is 0 Å². The van der Waals surface area contributed by atoms with Gasteiger partial charge in [0, 0.05) is 22.4 Å². The maximum Gasteiger partial charge on any atom is 0.0991 e. The van der Waals surface area contributed by atoms with Gasteiger partial charge < -0.3 is 5.32 Å². The maximum absolute atomic E-state index is 8.69. The van der Waals surface area contributed by atoms with Crippen LogP contribution in [-0.2, 0) is 13.1 Å². The zero-order valence-corrected chi connectivity index (χ0v) is 11.5. The van der Waals surface area contributed by atoms with Gasteiger partial charge >= 0.3 is 0 Å². The molecule has 0 atom stereocenters. The van der Waals surface area contributed by atoms with E-state index in [2.05, 4.69) is 38.8 Å². The van der Waals surface area contributed by atoms with E-state index in [0.29, 0.717) is 5.56 Å². The summed E-state index contributed by atoms with van der Waals surface area (Å²) in [6.07, 6.45) is 0. The lowest BCUT2D eigenvalue weighted by molar-refractivity contribution is 0.699. The number of nitrogens with zero attached hydrogens (tertiary/aromatic N) is 1. The van der Waals surface area contributed by atoms with Crippen molar-refractivity contribution < 1.29 is 0 Å². The lowest BCUT2D eigenvalue weighted by Crippen LogP contribution is -2.11. The summed E-state index contributed by atoms with van der Waals surface area (Å²) in [5.74, 6) is 0. The van der Waals surface area contributed by atoms with E-state index in [1.807, 2.05) is 24.3 Å². The highest BCUT2D eigenvalue weighted by molar-refractivity contribution is 9.10.